The smallest absolute Gasteiger partial charge is 0.326 e. The molecule has 0 bridgehead atoms. The Bertz CT molecular complexity index is 1260. The van der Waals surface area contributed by atoms with E-state index < -0.39 is 65.3 Å². The van der Waals surface area contributed by atoms with Crippen LogP contribution >= 0.6 is 7.60 Å². The molecule has 3 rings (SSSR count). The number of aromatic hydroxyl groups is 1. The summed E-state index contributed by atoms with van der Waals surface area (Å²) in [5.74, 6) is -4.12. The lowest BCUT2D eigenvalue weighted by Crippen LogP contribution is -2.54. The summed E-state index contributed by atoms with van der Waals surface area (Å²) in [6.07, 6.45) is 0.641. The summed E-state index contributed by atoms with van der Waals surface area (Å²) in [7, 11) is -4.27. The number of pyridine rings is 1. The van der Waals surface area contributed by atoms with Crippen LogP contribution < -0.4 is 16.1 Å². The molecule has 1 aromatic carbocycles. The summed E-state index contributed by atoms with van der Waals surface area (Å²) >= 11 is 0. The van der Waals surface area contributed by atoms with E-state index in [1.54, 1.807) is 13.8 Å². The molecule has 2 aromatic rings. The van der Waals surface area contributed by atoms with Crippen LogP contribution in [0.15, 0.2) is 29.2 Å². The largest absolute Gasteiger partial charge is 0.503 e. The molecule has 13 heteroatoms. The molecule has 0 radical (unpaired) electrons. The molecular formula is C21H24F2N3O7P. The van der Waals surface area contributed by atoms with Crippen molar-refractivity contribution in [3.63, 3.8) is 0 Å². The zero-order valence-electron chi connectivity index (χ0n) is 18.3. The molecule has 1 atom stereocenters. The Morgan fingerprint density at radius 1 is 1.26 bits per heavy atom. The number of hydrogen-bond acceptors (Lipinski definition) is 6. The van der Waals surface area contributed by atoms with E-state index in [1.165, 1.54) is 4.57 Å². The molecule has 1 amide bonds. The number of halogens is 2. The van der Waals surface area contributed by atoms with Gasteiger partial charge in [0.2, 0.25) is 5.43 Å². The number of carbonyl (C=O) groups excluding carboxylic acids is 2. The number of rotatable bonds is 7. The molecular weight excluding hydrogens is 475 g/mol. The Kier molecular flexibility index (Phi) is 7.09. The quantitative estimate of drug-likeness (QED) is 0.355. The lowest BCUT2D eigenvalue weighted by Gasteiger charge is -2.39. The first-order valence-corrected chi connectivity index (χ1v) is 12.0. The highest BCUT2D eigenvalue weighted by atomic mass is 31.2. The number of nitrogens with zero attached hydrogens (tertiary/aromatic N) is 1. The molecule has 0 aliphatic carbocycles. The van der Waals surface area contributed by atoms with Crippen LogP contribution in [0.1, 0.15) is 40.3 Å². The second kappa shape index (κ2) is 9.38. The fourth-order valence-corrected chi connectivity index (χ4v) is 4.14. The minimum atomic E-state index is -4.27. The average molecular weight is 499 g/mol. The van der Waals surface area contributed by atoms with Gasteiger partial charge in [-0.25, -0.2) is 8.78 Å². The number of benzene rings is 1. The Morgan fingerprint density at radius 3 is 2.56 bits per heavy atom. The average Bonchev–Trinajstić information content (AvgIpc) is 2.72. The van der Waals surface area contributed by atoms with Gasteiger partial charge in [-0.3, -0.25) is 18.9 Å². The van der Waals surface area contributed by atoms with Crippen LogP contribution in [0, 0.1) is 17.0 Å². The van der Waals surface area contributed by atoms with Crippen molar-refractivity contribution >= 4 is 19.3 Å². The van der Waals surface area contributed by atoms with Gasteiger partial charge in [-0.2, -0.15) is 0 Å². The molecule has 5 N–H and O–H groups in total. The van der Waals surface area contributed by atoms with E-state index in [1.807, 2.05) is 0 Å². The van der Waals surface area contributed by atoms with Crippen molar-refractivity contribution in [3.8, 4) is 5.75 Å². The van der Waals surface area contributed by atoms with Crippen LogP contribution in [0.25, 0.3) is 0 Å². The second-order valence-corrected chi connectivity index (χ2v) is 10.4. The Labute approximate surface area is 192 Å². The molecule has 184 valence electrons. The van der Waals surface area contributed by atoms with E-state index in [2.05, 4.69) is 10.6 Å². The molecule has 0 saturated heterocycles. The molecule has 1 aliphatic rings. The van der Waals surface area contributed by atoms with Gasteiger partial charge in [0.25, 0.3) is 5.91 Å². The summed E-state index contributed by atoms with van der Waals surface area (Å²) in [6.45, 7) is 2.69. The predicted octanol–water partition coefficient (Wildman–Crippen LogP) is 1.12. The first-order valence-electron chi connectivity index (χ1n) is 10.2. The topological polar surface area (TPSA) is 158 Å². The number of amides is 1. The lowest BCUT2D eigenvalue weighted by atomic mass is 9.75. The van der Waals surface area contributed by atoms with Gasteiger partial charge in [0, 0.05) is 48.9 Å². The van der Waals surface area contributed by atoms with Crippen molar-refractivity contribution in [2.24, 2.45) is 5.41 Å². The minimum Gasteiger partial charge on any atom is -0.503 e. The van der Waals surface area contributed by atoms with Crippen LogP contribution in [0.2, 0.25) is 0 Å². The first kappa shape index (κ1) is 25.7. The monoisotopic (exact) mass is 499 g/mol. The van der Waals surface area contributed by atoms with Crippen LogP contribution in [0.4, 0.5) is 8.78 Å². The molecule has 1 aromatic heterocycles. The van der Waals surface area contributed by atoms with Crippen molar-refractivity contribution in [2.75, 3.05) is 12.7 Å². The van der Waals surface area contributed by atoms with E-state index in [9.17, 15) is 32.8 Å². The molecule has 0 spiro atoms. The lowest BCUT2D eigenvalue weighted by molar-refractivity contribution is 0.0699. The molecule has 34 heavy (non-hydrogen) atoms. The maximum absolute atomic E-state index is 13.8. The Hall–Kier alpha value is -2.92. The van der Waals surface area contributed by atoms with Crippen molar-refractivity contribution in [1.29, 1.82) is 0 Å². The summed E-state index contributed by atoms with van der Waals surface area (Å²) in [4.78, 5) is 56.4. The molecule has 0 fully saturated rings. The highest BCUT2D eigenvalue weighted by Gasteiger charge is 2.44. The fraction of sp³-hybridized carbons (Fsp3) is 0.381. The number of carbonyl (C=O) groups is 2. The Morgan fingerprint density at radius 2 is 1.94 bits per heavy atom. The van der Waals surface area contributed by atoms with Crippen molar-refractivity contribution in [2.45, 2.75) is 33.0 Å². The van der Waals surface area contributed by atoms with Crippen LogP contribution in [-0.2, 0) is 17.7 Å². The van der Waals surface area contributed by atoms with Crippen LogP contribution in [-0.4, -0.2) is 49.9 Å². The van der Waals surface area contributed by atoms with Crippen LogP contribution in [0.3, 0.4) is 0 Å². The highest BCUT2D eigenvalue weighted by molar-refractivity contribution is 7.51. The fourth-order valence-electron chi connectivity index (χ4n) is 3.72. The van der Waals surface area contributed by atoms with Gasteiger partial charge in [0.05, 0.1) is 6.16 Å². The normalized spacial score (nSPS) is 17.4. The molecule has 1 aliphatic heterocycles. The van der Waals surface area contributed by atoms with E-state index >= 15 is 0 Å². The molecule has 10 nitrogen and oxygen atoms in total. The van der Waals surface area contributed by atoms with Crippen molar-refractivity contribution in [1.82, 2.24) is 15.2 Å². The van der Waals surface area contributed by atoms with Gasteiger partial charge >= 0.3 is 7.60 Å². The van der Waals surface area contributed by atoms with Crippen LogP contribution in [0.5, 0.6) is 5.75 Å². The third-order valence-corrected chi connectivity index (χ3v) is 6.61. The number of nitrogens with one attached hydrogen (secondary N) is 2. The second-order valence-electron chi connectivity index (χ2n) is 8.59. The first-order chi connectivity index (χ1) is 15.7. The van der Waals surface area contributed by atoms with Crippen molar-refractivity contribution in [3.05, 3.63) is 63.1 Å². The van der Waals surface area contributed by atoms with E-state index in [0.717, 1.165) is 18.3 Å². The molecule has 1 unspecified atom stereocenters. The minimum absolute atomic E-state index is 0.00986. The number of fused-ring (bicyclic) bond motifs is 1. The standard InChI is InChI=1S/C21H24F2N3O7P/c1-21(2)15(24-5-6-34(31,32)33)10-26-9-13(17(27)18(28)16(26)19(21)29)20(30)25-8-11-3-4-12(22)7-14(11)23/h3-4,7,9,15,24,28H,5-6,8,10H2,1-2H3,(H,25,30)(H2,31,32,33). The third-order valence-electron chi connectivity index (χ3n) is 5.80. The molecule has 0 saturated carbocycles. The number of ketones is 1. The number of hydrogen-bond donors (Lipinski definition) is 5. The molecule has 2 heterocycles. The summed E-state index contributed by atoms with van der Waals surface area (Å²) in [5.41, 5.74) is -3.03. The zero-order valence-corrected chi connectivity index (χ0v) is 19.2. The van der Waals surface area contributed by atoms with Gasteiger partial charge in [0.15, 0.2) is 11.5 Å². The SMILES string of the molecule is CC1(C)C(=O)c2c(O)c(=O)c(C(=O)NCc3ccc(F)cc3F)cn2CC1NCCP(=O)(O)O. The van der Waals surface area contributed by atoms with Gasteiger partial charge in [-0.05, 0) is 6.07 Å². The van der Waals surface area contributed by atoms with Gasteiger partial charge < -0.3 is 30.1 Å². The van der Waals surface area contributed by atoms with Gasteiger partial charge in [-0.15, -0.1) is 0 Å². The number of Topliss-reactive ketones (excluding diaryl/α,β-unsaturated/α-hetero) is 1. The maximum Gasteiger partial charge on any atom is 0.326 e. The summed E-state index contributed by atoms with van der Waals surface area (Å²) < 4.78 is 39.2. The van der Waals surface area contributed by atoms with Gasteiger partial charge in [0.1, 0.15) is 22.9 Å². The number of aromatic nitrogens is 1. The third kappa shape index (κ3) is 5.25. The Balaban J connectivity index is 1.88. The van der Waals surface area contributed by atoms with Gasteiger partial charge in [-0.1, -0.05) is 19.9 Å². The van der Waals surface area contributed by atoms with E-state index in [0.29, 0.717) is 6.07 Å². The predicted molar refractivity (Wildman–Crippen MR) is 117 cm³/mol. The highest BCUT2D eigenvalue weighted by Crippen LogP contribution is 2.36. The van der Waals surface area contributed by atoms with Crippen molar-refractivity contribution < 1.29 is 37.8 Å². The van der Waals surface area contributed by atoms with E-state index in [-0.39, 0.29) is 30.9 Å². The maximum atomic E-state index is 13.8. The van der Waals surface area contributed by atoms with E-state index in [4.69, 9.17) is 9.79 Å². The zero-order chi connectivity index (χ0) is 25.4. The summed E-state index contributed by atoms with van der Waals surface area (Å²) in [6, 6.07) is 2.16. The summed E-state index contributed by atoms with van der Waals surface area (Å²) in [5, 5.41) is 15.7.